The lowest BCUT2D eigenvalue weighted by Crippen LogP contribution is -2.59. The molecule has 0 aromatic carbocycles. The Morgan fingerprint density at radius 2 is 1.77 bits per heavy atom. The van der Waals surface area contributed by atoms with Crippen molar-refractivity contribution in [3.05, 3.63) is 24.3 Å². The van der Waals surface area contributed by atoms with Gasteiger partial charge in [-0.1, -0.05) is 20.1 Å². The highest BCUT2D eigenvalue weighted by Crippen LogP contribution is 2.53. The summed E-state index contributed by atoms with van der Waals surface area (Å²) in [5.41, 5.74) is 1.28. The molecule has 0 amide bonds. The summed E-state index contributed by atoms with van der Waals surface area (Å²) >= 11 is 0. The number of hydrogen-bond acceptors (Lipinski definition) is 9. The van der Waals surface area contributed by atoms with Gasteiger partial charge in [0.2, 0.25) is 0 Å². The van der Waals surface area contributed by atoms with Gasteiger partial charge in [0.25, 0.3) is 0 Å². The van der Waals surface area contributed by atoms with E-state index in [-0.39, 0.29) is 29.6 Å². The molecule has 9 heteroatoms. The number of aliphatic hydroxyl groups is 5. The molecule has 0 aromatic heterocycles. The van der Waals surface area contributed by atoms with Crippen molar-refractivity contribution in [1.29, 1.82) is 0 Å². The number of fused-ring (bicyclic) bond motifs is 3. The van der Waals surface area contributed by atoms with E-state index in [4.69, 9.17) is 14.2 Å². The molecule has 0 bridgehead atoms. The standard InChI is InChI=1S/C21H30O9/c1-7-10-5-13(28-21-18(26)17(25)16(24)14(6-22)29-21)9(3)15(10)19-11(4-12(7)23)8(2)20(27)30-19/h8,10-19,21-26H,1,3-6H2,2H3/t8-,10-,11-,12-,13-,14+,15-,16+,17-,18-,19-,21+/m0/s1. The summed E-state index contributed by atoms with van der Waals surface area (Å²) in [6.07, 6.45) is -7.94. The largest absolute Gasteiger partial charge is 0.461 e. The molecule has 4 aliphatic rings. The van der Waals surface area contributed by atoms with Gasteiger partial charge in [-0.2, -0.15) is 0 Å². The Morgan fingerprint density at radius 3 is 2.43 bits per heavy atom. The van der Waals surface area contributed by atoms with Gasteiger partial charge in [-0.3, -0.25) is 4.79 Å². The zero-order chi connectivity index (χ0) is 21.9. The zero-order valence-corrected chi connectivity index (χ0v) is 16.8. The van der Waals surface area contributed by atoms with Crippen LogP contribution in [0.15, 0.2) is 24.3 Å². The van der Waals surface area contributed by atoms with Crippen molar-refractivity contribution >= 4 is 5.97 Å². The summed E-state index contributed by atoms with van der Waals surface area (Å²) in [6.45, 7) is 9.47. The monoisotopic (exact) mass is 426 g/mol. The topological polar surface area (TPSA) is 146 Å². The molecular formula is C21H30O9. The Morgan fingerprint density at radius 1 is 1.07 bits per heavy atom. The highest BCUT2D eigenvalue weighted by Gasteiger charge is 2.57. The van der Waals surface area contributed by atoms with E-state index in [1.165, 1.54) is 0 Å². The van der Waals surface area contributed by atoms with Crippen molar-refractivity contribution in [1.82, 2.24) is 0 Å². The normalized spacial score (nSPS) is 51.3. The number of rotatable bonds is 3. The van der Waals surface area contributed by atoms with Gasteiger partial charge in [0.15, 0.2) is 6.29 Å². The molecule has 2 heterocycles. The Labute approximate surface area is 174 Å². The molecule has 168 valence electrons. The van der Waals surface area contributed by atoms with Crippen LogP contribution in [0.25, 0.3) is 0 Å². The fourth-order valence-electron chi connectivity index (χ4n) is 5.43. The van der Waals surface area contributed by atoms with E-state index >= 15 is 0 Å². The molecule has 2 saturated heterocycles. The predicted octanol–water partition coefficient (Wildman–Crippen LogP) is -1.14. The smallest absolute Gasteiger partial charge is 0.309 e. The van der Waals surface area contributed by atoms with Crippen molar-refractivity contribution in [2.75, 3.05) is 6.61 Å². The van der Waals surface area contributed by atoms with Gasteiger partial charge in [0, 0.05) is 11.8 Å². The molecule has 0 unspecified atom stereocenters. The first-order valence-corrected chi connectivity index (χ1v) is 10.4. The van der Waals surface area contributed by atoms with Crippen LogP contribution >= 0.6 is 0 Å². The van der Waals surface area contributed by atoms with Crippen molar-refractivity contribution in [3.63, 3.8) is 0 Å². The quantitative estimate of drug-likeness (QED) is 0.279. The molecule has 9 nitrogen and oxygen atoms in total. The molecule has 0 radical (unpaired) electrons. The molecular weight excluding hydrogens is 396 g/mol. The molecule has 0 spiro atoms. The van der Waals surface area contributed by atoms with Crippen LogP contribution in [0.4, 0.5) is 0 Å². The van der Waals surface area contributed by atoms with Gasteiger partial charge in [-0.25, -0.2) is 0 Å². The van der Waals surface area contributed by atoms with Crippen molar-refractivity contribution in [2.45, 2.75) is 68.8 Å². The Balaban J connectivity index is 1.56. The van der Waals surface area contributed by atoms with Gasteiger partial charge in [0.05, 0.1) is 24.7 Å². The van der Waals surface area contributed by atoms with E-state index in [0.29, 0.717) is 24.0 Å². The first-order valence-electron chi connectivity index (χ1n) is 10.4. The summed E-state index contributed by atoms with van der Waals surface area (Å²) < 4.78 is 17.1. The lowest BCUT2D eigenvalue weighted by atomic mass is 9.80. The Hall–Kier alpha value is -1.33. The van der Waals surface area contributed by atoms with E-state index in [1.807, 2.05) is 0 Å². The van der Waals surface area contributed by atoms with E-state index in [2.05, 4.69) is 13.2 Å². The third kappa shape index (κ3) is 3.33. The molecule has 5 N–H and O–H groups in total. The number of aliphatic hydroxyl groups excluding tert-OH is 5. The van der Waals surface area contributed by atoms with Crippen LogP contribution in [0.1, 0.15) is 19.8 Å². The molecule has 0 aromatic rings. The van der Waals surface area contributed by atoms with E-state index in [0.717, 1.165) is 0 Å². The van der Waals surface area contributed by atoms with Crippen LogP contribution in [0.2, 0.25) is 0 Å². The van der Waals surface area contributed by atoms with E-state index in [1.54, 1.807) is 6.92 Å². The highest BCUT2D eigenvalue weighted by molar-refractivity contribution is 5.75. The SMILES string of the molecule is C=C1[C@@H]2[C@H]3OC(=O)[C@@H](C)[C@@H]3C[C@H](O)C(=C)[C@@H]2C[C@@H]1O[C@@H]1O[C@H](CO)[C@@H](O)[C@H](O)[C@@H]1O. The van der Waals surface area contributed by atoms with E-state index in [9.17, 15) is 30.3 Å². The molecule has 2 aliphatic heterocycles. The lowest BCUT2D eigenvalue weighted by molar-refractivity contribution is -0.308. The first kappa shape index (κ1) is 21.9. The van der Waals surface area contributed by atoms with Gasteiger partial charge in [0.1, 0.15) is 30.5 Å². The fourth-order valence-corrected chi connectivity index (χ4v) is 5.43. The lowest BCUT2D eigenvalue weighted by Gasteiger charge is -2.40. The summed E-state index contributed by atoms with van der Waals surface area (Å²) in [5, 5.41) is 50.3. The maximum Gasteiger partial charge on any atom is 0.309 e. The van der Waals surface area contributed by atoms with Crippen molar-refractivity contribution in [3.8, 4) is 0 Å². The van der Waals surface area contributed by atoms with Crippen molar-refractivity contribution < 1.29 is 44.5 Å². The summed E-state index contributed by atoms with van der Waals surface area (Å²) in [6, 6.07) is 0. The van der Waals surface area contributed by atoms with Crippen LogP contribution < -0.4 is 0 Å². The Bertz CT molecular complexity index is 721. The molecule has 4 fully saturated rings. The average molecular weight is 426 g/mol. The third-order valence-corrected chi connectivity index (χ3v) is 7.33. The summed E-state index contributed by atoms with van der Waals surface area (Å²) in [7, 11) is 0. The molecule has 4 rings (SSSR count). The minimum absolute atomic E-state index is 0.165. The van der Waals surface area contributed by atoms with Gasteiger partial charge < -0.3 is 39.7 Å². The van der Waals surface area contributed by atoms with Gasteiger partial charge in [-0.05, 0) is 29.9 Å². The summed E-state index contributed by atoms with van der Waals surface area (Å²) in [5.74, 6) is -1.31. The molecule has 30 heavy (non-hydrogen) atoms. The van der Waals surface area contributed by atoms with E-state index < -0.39 is 55.6 Å². The van der Waals surface area contributed by atoms with Crippen LogP contribution in [0, 0.1) is 23.7 Å². The number of ether oxygens (including phenoxy) is 3. The zero-order valence-electron chi connectivity index (χ0n) is 16.8. The van der Waals surface area contributed by atoms with Gasteiger partial charge in [-0.15, -0.1) is 0 Å². The van der Waals surface area contributed by atoms with Crippen LogP contribution in [-0.2, 0) is 19.0 Å². The van der Waals surface area contributed by atoms with Crippen LogP contribution in [-0.4, -0.2) is 87.1 Å². The number of esters is 1. The van der Waals surface area contributed by atoms with Crippen LogP contribution in [0.3, 0.4) is 0 Å². The minimum atomic E-state index is -1.54. The summed E-state index contributed by atoms with van der Waals surface area (Å²) in [4.78, 5) is 12.2. The number of carbonyl (C=O) groups is 1. The average Bonchev–Trinajstić information content (AvgIpc) is 3.15. The molecule has 12 atom stereocenters. The third-order valence-electron chi connectivity index (χ3n) is 7.33. The Kier molecular flexibility index (Phi) is 5.82. The molecule has 2 saturated carbocycles. The second kappa shape index (κ2) is 7.98. The highest BCUT2D eigenvalue weighted by atomic mass is 16.7. The first-order chi connectivity index (χ1) is 14.1. The minimum Gasteiger partial charge on any atom is -0.461 e. The predicted molar refractivity (Wildman–Crippen MR) is 102 cm³/mol. The van der Waals surface area contributed by atoms with Crippen LogP contribution in [0.5, 0.6) is 0 Å². The number of carbonyl (C=O) groups excluding carboxylic acids is 1. The molecule has 2 aliphatic carbocycles. The second-order valence-electron chi connectivity index (χ2n) is 8.95. The maximum atomic E-state index is 12.2. The fraction of sp³-hybridized carbons (Fsp3) is 0.762. The van der Waals surface area contributed by atoms with Crippen molar-refractivity contribution in [2.24, 2.45) is 23.7 Å². The number of hydrogen-bond donors (Lipinski definition) is 5. The second-order valence-corrected chi connectivity index (χ2v) is 8.95. The van der Waals surface area contributed by atoms with Gasteiger partial charge >= 0.3 is 5.97 Å². The maximum absolute atomic E-state index is 12.2.